The first-order valence-corrected chi connectivity index (χ1v) is 8.90. The van der Waals surface area contributed by atoms with Gasteiger partial charge in [0.25, 0.3) is 0 Å². The van der Waals surface area contributed by atoms with Crippen molar-refractivity contribution in [3.63, 3.8) is 0 Å². The van der Waals surface area contributed by atoms with Crippen LogP contribution in [0.2, 0.25) is 0 Å². The largest absolute Gasteiger partial charge is 0.341 e. The zero-order valence-electron chi connectivity index (χ0n) is 13.3. The molecule has 0 saturated carbocycles. The van der Waals surface area contributed by atoms with E-state index in [1.165, 1.54) is 0 Å². The molecule has 4 rings (SSSR count). The van der Waals surface area contributed by atoms with E-state index in [-0.39, 0.29) is 5.78 Å². The lowest BCUT2D eigenvalue weighted by Gasteiger charge is -2.00. The molecule has 0 amide bonds. The number of H-pyrrole nitrogens is 1. The number of hydrogen-bond acceptors (Lipinski definition) is 4. The second kappa shape index (κ2) is 6.91. The number of benzene rings is 2. The number of nitrogens with one attached hydrogen (secondary N) is 1. The molecule has 1 N–H and O–H groups in total. The second-order valence-electron chi connectivity index (χ2n) is 5.57. The van der Waals surface area contributed by atoms with Crippen LogP contribution in [-0.4, -0.2) is 20.7 Å². The average Bonchev–Trinajstić information content (AvgIpc) is 3.09. The molecule has 0 aliphatic rings. The summed E-state index contributed by atoms with van der Waals surface area (Å²) in [6.07, 6.45) is 1.78. The van der Waals surface area contributed by atoms with E-state index in [0.717, 1.165) is 21.9 Å². The van der Waals surface area contributed by atoms with Gasteiger partial charge in [-0.2, -0.15) is 0 Å². The fraction of sp³-hybridized carbons (Fsp3) is 0.0500. The SMILES string of the molecule is O=C(c1ccccc1)c1ccc2[nH]c(CSc3ccccn3)nc2c1. The van der Waals surface area contributed by atoms with Crippen LogP contribution in [0.5, 0.6) is 0 Å². The van der Waals surface area contributed by atoms with Crippen LogP contribution in [0.25, 0.3) is 11.0 Å². The summed E-state index contributed by atoms with van der Waals surface area (Å²) in [6.45, 7) is 0. The third-order valence-electron chi connectivity index (χ3n) is 3.82. The van der Waals surface area contributed by atoms with Gasteiger partial charge in [-0.1, -0.05) is 48.2 Å². The summed E-state index contributed by atoms with van der Waals surface area (Å²) in [5.41, 5.74) is 3.07. The summed E-state index contributed by atoms with van der Waals surface area (Å²) >= 11 is 1.62. The number of imidazole rings is 1. The van der Waals surface area contributed by atoms with E-state index < -0.39 is 0 Å². The summed E-state index contributed by atoms with van der Waals surface area (Å²) in [5, 5.41) is 0.961. The predicted molar refractivity (Wildman–Crippen MR) is 99.8 cm³/mol. The molecule has 0 bridgehead atoms. The molecule has 0 spiro atoms. The Morgan fingerprint density at radius 2 is 1.80 bits per heavy atom. The summed E-state index contributed by atoms with van der Waals surface area (Å²) in [5.74, 6) is 1.58. The molecular weight excluding hydrogens is 330 g/mol. The third-order valence-corrected chi connectivity index (χ3v) is 4.78. The number of pyridine rings is 1. The maximum absolute atomic E-state index is 12.6. The van der Waals surface area contributed by atoms with Crippen molar-refractivity contribution in [2.24, 2.45) is 0 Å². The number of nitrogens with zero attached hydrogens (tertiary/aromatic N) is 2. The Bertz CT molecular complexity index is 1010. The molecule has 0 aliphatic heterocycles. The first-order valence-electron chi connectivity index (χ1n) is 7.92. The number of carbonyl (C=O) groups excluding carboxylic acids is 1. The number of hydrogen-bond donors (Lipinski definition) is 1. The molecule has 0 fully saturated rings. The number of ketones is 1. The molecule has 2 heterocycles. The lowest BCUT2D eigenvalue weighted by molar-refractivity contribution is 0.103. The molecule has 4 nitrogen and oxygen atoms in total. The Balaban J connectivity index is 1.56. The monoisotopic (exact) mass is 345 g/mol. The van der Waals surface area contributed by atoms with Crippen molar-refractivity contribution in [2.45, 2.75) is 10.8 Å². The maximum atomic E-state index is 12.6. The van der Waals surface area contributed by atoms with Crippen molar-refractivity contribution in [2.75, 3.05) is 0 Å². The van der Waals surface area contributed by atoms with Gasteiger partial charge in [0, 0.05) is 17.3 Å². The number of aromatic nitrogens is 3. The van der Waals surface area contributed by atoms with Crippen molar-refractivity contribution >= 4 is 28.6 Å². The van der Waals surface area contributed by atoms with E-state index in [2.05, 4.69) is 15.0 Å². The first-order chi connectivity index (χ1) is 12.3. The number of rotatable bonds is 5. The molecule has 2 aromatic heterocycles. The molecule has 0 radical (unpaired) electrons. The van der Waals surface area contributed by atoms with E-state index in [0.29, 0.717) is 16.9 Å². The normalized spacial score (nSPS) is 10.9. The smallest absolute Gasteiger partial charge is 0.193 e. The molecule has 4 aromatic rings. The highest BCUT2D eigenvalue weighted by Crippen LogP contribution is 2.22. The van der Waals surface area contributed by atoms with Crippen molar-refractivity contribution in [1.29, 1.82) is 0 Å². The van der Waals surface area contributed by atoms with Crippen LogP contribution < -0.4 is 0 Å². The van der Waals surface area contributed by atoms with Gasteiger partial charge in [-0.15, -0.1) is 0 Å². The predicted octanol–water partition coefficient (Wildman–Crippen LogP) is 4.48. The second-order valence-corrected chi connectivity index (χ2v) is 6.56. The average molecular weight is 345 g/mol. The molecule has 0 atom stereocenters. The molecule has 122 valence electrons. The molecule has 2 aromatic carbocycles. The number of thioether (sulfide) groups is 1. The van der Waals surface area contributed by atoms with Crippen molar-refractivity contribution in [3.05, 3.63) is 89.9 Å². The highest BCUT2D eigenvalue weighted by Gasteiger charge is 2.11. The van der Waals surface area contributed by atoms with E-state index in [1.807, 2.05) is 66.7 Å². The van der Waals surface area contributed by atoms with Gasteiger partial charge >= 0.3 is 0 Å². The van der Waals surface area contributed by atoms with Gasteiger partial charge in [0.15, 0.2) is 5.78 Å². The minimum Gasteiger partial charge on any atom is -0.341 e. The van der Waals surface area contributed by atoms with Gasteiger partial charge in [0.05, 0.1) is 21.8 Å². The van der Waals surface area contributed by atoms with Crippen LogP contribution in [0, 0.1) is 0 Å². The standard InChI is InChI=1S/C20H15N3OS/c24-20(14-6-2-1-3-7-14)15-9-10-16-17(12-15)23-18(22-16)13-25-19-8-4-5-11-21-19/h1-12H,13H2,(H,22,23). The van der Waals surface area contributed by atoms with Gasteiger partial charge < -0.3 is 4.98 Å². The fourth-order valence-electron chi connectivity index (χ4n) is 2.60. The van der Waals surface area contributed by atoms with E-state index >= 15 is 0 Å². The Morgan fingerprint density at radius 1 is 0.960 bits per heavy atom. The minimum absolute atomic E-state index is 0.00918. The Labute approximate surface area is 149 Å². The van der Waals surface area contributed by atoms with Crippen LogP contribution in [0.15, 0.2) is 78.0 Å². The van der Waals surface area contributed by atoms with Crippen LogP contribution in [0.1, 0.15) is 21.7 Å². The van der Waals surface area contributed by atoms with Crippen molar-refractivity contribution in [3.8, 4) is 0 Å². The van der Waals surface area contributed by atoms with E-state index in [9.17, 15) is 4.79 Å². The summed E-state index contributed by atoms with van der Waals surface area (Å²) in [7, 11) is 0. The van der Waals surface area contributed by atoms with Gasteiger partial charge in [-0.25, -0.2) is 9.97 Å². The first kappa shape index (κ1) is 15.6. The lowest BCUT2D eigenvalue weighted by Crippen LogP contribution is -2.00. The van der Waals surface area contributed by atoms with Gasteiger partial charge in [-0.3, -0.25) is 4.79 Å². The van der Waals surface area contributed by atoms with Gasteiger partial charge in [0.2, 0.25) is 0 Å². The Kier molecular flexibility index (Phi) is 4.31. The summed E-state index contributed by atoms with van der Waals surface area (Å²) < 4.78 is 0. The van der Waals surface area contributed by atoms with Crippen molar-refractivity contribution < 1.29 is 4.79 Å². The summed E-state index contributed by atoms with van der Waals surface area (Å²) in [6, 6.07) is 20.7. The lowest BCUT2D eigenvalue weighted by atomic mass is 10.0. The quantitative estimate of drug-likeness (QED) is 0.428. The fourth-order valence-corrected chi connectivity index (χ4v) is 3.33. The van der Waals surface area contributed by atoms with Crippen LogP contribution in [0.3, 0.4) is 0 Å². The van der Waals surface area contributed by atoms with Gasteiger partial charge in [-0.05, 0) is 30.3 Å². The van der Waals surface area contributed by atoms with E-state index in [1.54, 1.807) is 18.0 Å². The highest BCUT2D eigenvalue weighted by atomic mass is 32.2. The summed E-state index contributed by atoms with van der Waals surface area (Å²) in [4.78, 5) is 24.8. The molecule has 5 heteroatoms. The third kappa shape index (κ3) is 3.46. The van der Waals surface area contributed by atoms with E-state index in [4.69, 9.17) is 0 Å². The van der Waals surface area contributed by atoms with Crippen LogP contribution in [0.4, 0.5) is 0 Å². The van der Waals surface area contributed by atoms with Gasteiger partial charge in [0.1, 0.15) is 5.82 Å². The number of carbonyl (C=O) groups is 1. The van der Waals surface area contributed by atoms with Crippen LogP contribution in [-0.2, 0) is 5.75 Å². The molecular formula is C20H15N3OS. The Hall–Kier alpha value is -2.92. The zero-order valence-corrected chi connectivity index (χ0v) is 14.2. The zero-order chi connectivity index (χ0) is 17.1. The molecule has 0 aliphatic carbocycles. The highest BCUT2D eigenvalue weighted by molar-refractivity contribution is 7.98. The molecule has 0 unspecified atom stereocenters. The maximum Gasteiger partial charge on any atom is 0.193 e. The number of fused-ring (bicyclic) bond motifs is 1. The minimum atomic E-state index is 0.00918. The van der Waals surface area contributed by atoms with Crippen LogP contribution >= 0.6 is 11.8 Å². The molecule has 0 saturated heterocycles. The Morgan fingerprint density at radius 3 is 2.60 bits per heavy atom. The van der Waals surface area contributed by atoms with Crippen molar-refractivity contribution in [1.82, 2.24) is 15.0 Å². The number of aromatic amines is 1. The topological polar surface area (TPSA) is 58.6 Å². The molecule has 25 heavy (non-hydrogen) atoms.